The van der Waals surface area contributed by atoms with E-state index in [1.165, 1.54) is 32.4 Å². The molecule has 0 fully saturated rings. The predicted molar refractivity (Wildman–Crippen MR) is 91.5 cm³/mol. The Morgan fingerprint density at radius 1 is 1.12 bits per heavy atom. The van der Waals surface area contributed by atoms with Crippen LogP contribution in [0, 0.1) is 17.0 Å². The number of anilines is 1. The molecule has 0 heterocycles. The number of nitro groups is 1. The maximum Gasteiger partial charge on any atom is 0.269 e. The van der Waals surface area contributed by atoms with Crippen LogP contribution in [0.25, 0.3) is 0 Å². The molecule has 2 rings (SSSR count). The van der Waals surface area contributed by atoms with Gasteiger partial charge in [0.15, 0.2) is 6.61 Å². The molecule has 0 spiro atoms. The minimum atomic E-state index is -0.487. The lowest BCUT2D eigenvalue weighted by Gasteiger charge is -2.12. The summed E-state index contributed by atoms with van der Waals surface area (Å²) < 4.78 is 15.7. The van der Waals surface area contributed by atoms with Gasteiger partial charge in [-0.1, -0.05) is 0 Å². The molecule has 2 aromatic rings. The number of carbonyl (C=O) groups is 1. The van der Waals surface area contributed by atoms with Gasteiger partial charge in [-0.05, 0) is 30.7 Å². The molecule has 0 bridgehead atoms. The van der Waals surface area contributed by atoms with Crippen molar-refractivity contribution in [3.8, 4) is 17.2 Å². The number of nitro benzene ring substituents is 1. The Morgan fingerprint density at radius 3 is 2.48 bits per heavy atom. The number of methoxy groups -OCH3 is 2. The zero-order valence-corrected chi connectivity index (χ0v) is 14.1. The molecule has 1 N–H and O–H groups in total. The lowest BCUT2D eigenvalue weighted by molar-refractivity contribution is -0.384. The molecule has 8 nitrogen and oxygen atoms in total. The van der Waals surface area contributed by atoms with Gasteiger partial charge in [-0.2, -0.15) is 0 Å². The minimum absolute atomic E-state index is 0.0303. The van der Waals surface area contributed by atoms with Crippen LogP contribution in [0.1, 0.15) is 5.56 Å². The van der Waals surface area contributed by atoms with Gasteiger partial charge in [0.2, 0.25) is 0 Å². The number of benzene rings is 2. The second-order valence-electron chi connectivity index (χ2n) is 5.11. The maximum atomic E-state index is 12.1. The number of hydrogen-bond acceptors (Lipinski definition) is 6. The second-order valence-corrected chi connectivity index (χ2v) is 5.11. The number of ether oxygens (including phenoxy) is 3. The highest BCUT2D eigenvalue weighted by molar-refractivity contribution is 5.93. The zero-order chi connectivity index (χ0) is 18.4. The molecule has 0 aliphatic rings. The van der Waals surface area contributed by atoms with Gasteiger partial charge in [-0.15, -0.1) is 0 Å². The fraction of sp³-hybridized carbons (Fsp3) is 0.235. The molecular weight excluding hydrogens is 328 g/mol. The summed E-state index contributed by atoms with van der Waals surface area (Å²) >= 11 is 0. The lowest BCUT2D eigenvalue weighted by atomic mass is 10.2. The summed E-state index contributed by atoms with van der Waals surface area (Å²) in [5.41, 5.74) is 1.03. The summed E-state index contributed by atoms with van der Waals surface area (Å²) in [4.78, 5) is 22.3. The van der Waals surface area contributed by atoms with Crippen LogP contribution in [0.3, 0.4) is 0 Å². The van der Waals surface area contributed by atoms with E-state index in [1.54, 1.807) is 25.1 Å². The Morgan fingerprint density at radius 2 is 1.88 bits per heavy atom. The van der Waals surface area contributed by atoms with Gasteiger partial charge < -0.3 is 19.5 Å². The molecule has 0 radical (unpaired) electrons. The third-order valence-electron chi connectivity index (χ3n) is 3.41. The van der Waals surface area contributed by atoms with Crippen molar-refractivity contribution in [2.24, 2.45) is 0 Å². The molecule has 0 aliphatic carbocycles. The van der Waals surface area contributed by atoms with Crippen LogP contribution >= 0.6 is 0 Å². The van der Waals surface area contributed by atoms with E-state index in [1.807, 2.05) is 0 Å². The van der Waals surface area contributed by atoms with Crippen LogP contribution in [0.15, 0.2) is 36.4 Å². The van der Waals surface area contributed by atoms with Crippen molar-refractivity contribution in [3.05, 3.63) is 52.1 Å². The number of nitrogens with one attached hydrogen (secondary N) is 1. The number of nitrogens with zero attached hydrogens (tertiary/aromatic N) is 1. The lowest BCUT2D eigenvalue weighted by Crippen LogP contribution is -2.20. The van der Waals surface area contributed by atoms with Crippen molar-refractivity contribution < 1.29 is 23.9 Å². The average Bonchev–Trinajstić information content (AvgIpc) is 2.60. The number of rotatable bonds is 7. The predicted octanol–water partition coefficient (Wildman–Crippen LogP) is 2.94. The van der Waals surface area contributed by atoms with Gasteiger partial charge >= 0.3 is 0 Å². The van der Waals surface area contributed by atoms with Crippen LogP contribution in [0.2, 0.25) is 0 Å². The van der Waals surface area contributed by atoms with Crippen molar-refractivity contribution in [1.29, 1.82) is 0 Å². The minimum Gasteiger partial charge on any atom is -0.497 e. The van der Waals surface area contributed by atoms with Gasteiger partial charge in [-0.3, -0.25) is 14.9 Å². The van der Waals surface area contributed by atoms with Crippen LogP contribution in [-0.2, 0) is 4.79 Å². The molecule has 0 unspecified atom stereocenters. The van der Waals surface area contributed by atoms with Crippen LogP contribution in [-0.4, -0.2) is 31.7 Å². The maximum absolute atomic E-state index is 12.1. The summed E-state index contributed by atoms with van der Waals surface area (Å²) in [6, 6.07) is 9.18. The first-order valence-corrected chi connectivity index (χ1v) is 7.34. The standard InChI is InChI=1S/C17H18N2O6/c1-11-8-12(19(21)22)4-7-15(11)25-10-17(20)18-14-6-5-13(23-2)9-16(14)24-3/h4-9H,10H2,1-3H3,(H,18,20). The molecule has 0 saturated carbocycles. The van der Waals surface area contributed by atoms with Crippen molar-refractivity contribution >= 4 is 17.3 Å². The molecular formula is C17H18N2O6. The number of carbonyl (C=O) groups excluding carboxylic acids is 1. The first-order valence-electron chi connectivity index (χ1n) is 7.34. The van der Waals surface area contributed by atoms with E-state index in [-0.39, 0.29) is 18.2 Å². The quantitative estimate of drug-likeness (QED) is 0.611. The van der Waals surface area contributed by atoms with E-state index in [2.05, 4.69) is 5.32 Å². The third kappa shape index (κ3) is 4.60. The smallest absolute Gasteiger partial charge is 0.269 e. The van der Waals surface area contributed by atoms with Gasteiger partial charge in [-0.25, -0.2) is 0 Å². The Labute approximate surface area is 144 Å². The molecule has 8 heteroatoms. The van der Waals surface area contributed by atoms with E-state index in [4.69, 9.17) is 14.2 Å². The monoisotopic (exact) mass is 346 g/mol. The fourth-order valence-corrected chi connectivity index (χ4v) is 2.14. The summed E-state index contributed by atoms with van der Waals surface area (Å²) in [5, 5.41) is 13.4. The van der Waals surface area contributed by atoms with Crippen LogP contribution < -0.4 is 19.5 Å². The Bertz CT molecular complexity index is 791. The first kappa shape index (κ1) is 18.1. The van der Waals surface area contributed by atoms with Crippen molar-refractivity contribution in [1.82, 2.24) is 0 Å². The van der Waals surface area contributed by atoms with Crippen LogP contribution in [0.5, 0.6) is 17.2 Å². The largest absolute Gasteiger partial charge is 0.497 e. The number of hydrogen-bond donors (Lipinski definition) is 1. The molecule has 1 amide bonds. The van der Waals surface area contributed by atoms with E-state index in [0.29, 0.717) is 28.5 Å². The van der Waals surface area contributed by atoms with Crippen molar-refractivity contribution in [2.45, 2.75) is 6.92 Å². The van der Waals surface area contributed by atoms with Gasteiger partial charge in [0.05, 0.1) is 24.8 Å². The highest BCUT2D eigenvalue weighted by atomic mass is 16.6. The summed E-state index contributed by atoms with van der Waals surface area (Å²) in [5.74, 6) is 1.08. The molecule has 0 aliphatic heterocycles. The molecule has 0 saturated heterocycles. The normalized spacial score (nSPS) is 10.0. The SMILES string of the molecule is COc1ccc(NC(=O)COc2ccc([N+](=O)[O-])cc2C)c(OC)c1. The number of amides is 1. The summed E-state index contributed by atoms with van der Waals surface area (Å²) in [6.07, 6.45) is 0. The molecule has 2 aromatic carbocycles. The number of non-ortho nitro benzene ring substituents is 1. The van der Waals surface area contributed by atoms with Crippen molar-refractivity contribution in [2.75, 3.05) is 26.1 Å². The van der Waals surface area contributed by atoms with Gasteiger partial charge in [0.25, 0.3) is 11.6 Å². The highest BCUT2D eigenvalue weighted by Gasteiger charge is 2.12. The van der Waals surface area contributed by atoms with E-state index in [0.717, 1.165) is 0 Å². The zero-order valence-electron chi connectivity index (χ0n) is 14.1. The van der Waals surface area contributed by atoms with E-state index >= 15 is 0 Å². The molecule has 132 valence electrons. The first-order chi connectivity index (χ1) is 11.9. The van der Waals surface area contributed by atoms with Crippen LogP contribution in [0.4, 0.5) is 11.4 Å². The Balaban J connectivity index is 2.00. The third-order valence-corrected chi connectivity index (χ3v) is 3.41. The highest BCUT2D eigenvalue weighted by Crippen LogP contribution is 2.29. The molecule has 0 aromatic heterocycles. The molecule has 25 heavy (non-hydrogen) atoms. The topological polar surface area (TPSA) is 99.9 Å². The summed E-state index contributed by atoms with van der Waals surface area (Å²) in [7, 11) is 3.02. The van der Waals surface area contributed by atoms with E-state index < -0.39 is 4.92 Å². The second kappa shape index (κ2) is 8.00. The number of aryl methyl sites for hydroxylation is 1. The Hall–Kier alpha value is -3.29. The van der Waals surface area contributed by atoms with Gasteiger partial charge in [0.1, 0.15) is 17.2 Å². The average molecular weight is 346 g/mol. The van der Waals surface area contributed by atoms with Crippen molar-refractivity contribution in [3.63, 3.8) is 0 Å². The summed E-state index contributed by atoms with van der Waals surface area (Å²) in [6.45, 7) is 1.43. The van der Waals surface area contributed by atoms with Gasteiger partial charge in [0, 0.05) is 18.2 Å². The fourth-order valence-electron chi connectivity index (χ4n) is 2.14. The van der Waals surface area contributed by atoms with E-state index in [9.17, 15) is 14.9 Å². The Kier molecular flexibility index (Phi) is 5.78. The molecule has 0 atom stereocenters.